The molecular weight excluding hydrogens is 230 g/mol. The van der Waals surface area contributed by atoms with Crippen molar-refractivity contribution in [1.82, 2.24) is 0 Å². The number of fused-ring (bicyclic) bond motifs is 1. The second kappa shape index (κ2) is 5.48. The van der Waals surface area contributed by atoms with E-state index in [1.165, 1.54) is 48.1 Å². The van der Waals surface area contributed by atoms with Gasteiger partial charge in [0, 0.05) is 11.7 Å². The molecule has 2 aromatic carbocycles. The van der Waals surface area contributed by atoms with Gasteiger partial charge in [-0.1, -0.05) is 42.5 Å². The van der Waals surface area contributed by atoms with Crippen LogP contribution in [0.25, 0.3) is 0 Å². The second-order valence-electron chi connectivity index (χ2n) is 5.43. The molecule has 0 spiro atoms. The summed E-state index contributed by atoms with van der Waals surface area (Å²) in [6.07, 6.45) is 5.13. The predicted octanol–water partition coefficient (Wildman–Crippen LogP) is 4.74. The number of aryl methyl sites for hydroxylation is 1. The third-order valence-corrected chi connectivity index (χ3v) is 4.07. The van der Waals surface area contributed by atoms with Crippen LogP contribution in [0.1, 0.15) is 42.5 Å². The molecule has 0 amide bonds. The van der Waals surface area contributed by atoms with Crippen molar-refractivity contribution in [3.8, 4) is 0 Å². The molecule has 0 bridgehead atoms. The Morgan fingerprint density at radius 1 is 0.895 bits per heavy atom. The van der Waals surface area contributed by atoms with Gasteiger partial charge in [-0.25, -0.2) is 0 Å². The fourth-order valence-corrected chi connectivity index (χ4v) is 2.97. The molecule has 0 heterocycles. The molecular formula is C18H21N. The molecule has 2 aromatic rings. The van der Waals surface area contributed by atoms with Crippen LogP contribution in [0.2, 0.25) is 0 Å². The van der Waals surface area contributed by atoms with Crippen molar-refractivity contribution in [2.24, 2.45) is 0 Å². The summed E-state index contributed by atoms with van der Waals surface area (Å²) in [4.78, 5) is 0. The highest BCUT2D eigenvalue weighted by Gasteiger charge is 2.14. The molecule has 3 rings (SSSR count). The van der Waals surface area contributed by atoms with Gasteiger partial charge < -0.3 is 5.32 Å². The first kappa shape index (κ1) is 12.3. The zero-order valence-electron chi connectivity index (χ0n) is 11.5. The topological polar surface area (TPSA) is 12.0 Å². The van der Waals surface area contributed by atoms with Gasteiger partial charge in [-0.3, -0.25) is 0 Å². The first-order valence-corrected chi connectivity index (χ1v) is 7.27. The van der Waals surface area contributed by atoms with Crippen LogP contribution < -0.4 is 5.32 Å². The summed E-state index contributed by atoms with van der Waals surface area (Å²) in [6, 6.07) is 17.7. The van der Waals surface area contributed by atoms with Gasteiger partial charge in [0.15, 0.2) is 0 Å². The van der Waals surface area contributed by atoms with E-state index in [-0.39, 0.29) is 0 Å². The Labute approximate surface area is 115 Å². The maximum Gasteiger partial charge on any atom is 0.0485 e. The third-order valence-electron chi connectivity index (χ3n) is 4.07. The molecule has 1 unspecified atom stereocenters. The van der Waals surface area contributed by atoms with Crippen molar-refractivity contribution in [3.05, 3.63) is 65.2 Å². The van der Waals surface area contributed by atoms with Crippen molar-refractivity contribution in [1.29, 1.82) is 0 Å². The lowest BCUT2D eigenvalue weighted by Gasteiger charge is -2.23. The van der Waals surface area contributed by atoms with Crippen LogP contribution in [0, 0.1) is 0 Å². The highest BCUT2D eigenvalue weighted by Crippen LogP contribution is 2.30. The van der Waals surface area contributed by atoms with Crippen molar-refractivity contribution in [2.75, 3.05) is 5.32 Å². The first-order chi connectivity index (χ1) is 9.34. The average Bonchev–Trinajstić information content (AvgIpc) is 2.48. The van der Waals surface area contributed by atoms with Gasteiger partial charge in [-0.2, -0.15) is 0 Å². The quantitative estimate of drug-likeness (QED) is 0.831. The van der Waals surface area contributed by atoms with Crippen molar-refractivity contribution >= 4 is 5.69 Å². The smallest absolute Gasteiger partial charge is 0.0485 e. The van der Waals surface area contributed by atoms with E-state index in [0.717, 1.165) is 0 Å². The lowest BCUT2D eigenvalue weighted by molar-refractivity contribution is 0.685. The molecule has 1 N–H and O–H groups in total. The predicted molar refractivity (Wildman–Crippen MR) is 81.6 cm³/mol. The Bertz CT molecular complexity index is 545. The van der Waals surface area contributed by atoms with E-state index in [9.17, 15) is 0 Å². The summed E-state index contributed by atoms with van der Waals surface area (Å²) in [5.74, 6) is 0. The van der Waals surface area contributed by atoms with E-state index < -0.39 is 0 Å². The monoisotopic (exact) mass is 251 g/mol. The van der Waals surface area contributed by atoms with Crippen LogP contribution >= 0.6 is 0 Å². The van der Waals surface area contributed by atoms with Crippen LogP contribution in [0.4, 0.5) is 5.69 Å². The standard InChI is InChI=1S/C18H21N/c1-14(15-8-3-2-4-9-15)19-18-13-7-11-16-10-5-6-12-17(16)18/h2-4,7-9,11,13-14,19H,5-6,10,12H2,1H3. The SMILES string of the molecule is CC(Nc1cccc2c1CCCC2)c1ccccc1. The molecule has 0 aliphatic heterocycles. The average molecular weight is 251 g/mol. The lowest BCUT2D eigenvalue weighted by atomic mass is 9.90. The van der Waals surface area contributed by atoms with Gasteiger partial charge in [0.1, 0.15) is 0 Å². The van der Waals surface area contributed by atoms with E-state index in [2.05, 4.69) is 60.8 Å². The molecule has 1 atom stereocenters. The van der Waals surface area contributed by atoms with Crippen molar-refractivity contribution < 1.29 is 0 Å². The summed E-state index contributed by atoms with van der Waals surface area (Å²) >= 11 is 0. The van der Waals surface area contributed by atoms with E-state index in [1.54, 1.807) is 0 Å². The molecule has 98 valence electrons. The summed E-state index contributed by atoms with van der Waals surface area (Å²) in [7, 11) is 0. The maximum absolute atomic E-state index is 3.69. The molecule has 1 aliphatic carbocycles. The van der Waals surface area contributed by atoms with Gasteiger partial charge in [-0.15, -0.1) is 0 Å². The van der Waals surface area contributed by atoms with Crippen LogP contribution in [-0.2, 0) is 12.8 Å². The fraction of sp³-hybridized carbons (Fsp3) is 0.333. The highest BCUT2D eigenvalue weighted by atomic mass is 14.9. The largest absolute Gasteiger partial charge is 0.378 e. The highest BCUT2D eigenvalue weighted by molar-refractivity contribution is 5.56. The number of rotatable bonds is 3. The molecule has 0 aromatic heterocycles. The molecule has 1 nitrogen and oxygen atoms in total. The Morgan fingerprint density at radius 2 is 1.68 bits per heavy atom. The van der Waals surface area contributed by atoms with Crippen LogP contribution in [0.5, 0.6) is 0 Å². The Kier molecular flexibility index (Phi) is 3.54. The molecule has 0 saturated carbocycles. The van der Waals surface area contributed by atoms with E-state index in [0.29, 0.717) is 6.04 Å². The van der Waals surface area contributed by atoms with Crippen LogP contribution in [0.15, 0.2) is 48.5 Å². The van der Waals surface area contributed by atoms with Gasteiger partial charge in [0.2, 0.25) is 0 Å². The fourth-order valence-electron chi connectivity index (χ4n) is 2.97. The number of hydrogen-bond acceptors (Lipinski definition) is 1. The molecule has 0 saturated heterocycles. The van der Waals surface area contributed by atoms with E-state index in [4.69, 9.17) is 0 Å². The van der Waals surface area contributed by atoms with Crippen LogP contribution in [-0.4, -0.2) is 0 Å². The van der Waals surface area contributed by atoms with Gasteiger partial charge in [0.25, 0.3) is 0 Å². The molecule has 19 heavy (non-hydrogen) atoms. The Hall–Kier alpha value is -1.76. The summed E-state index contributed by atoms with van der Waals surface area (Å²) in [5, 5.41) is 3.69. The lowest BCUT2D eigenvalue weighted by Crippen LogP contribution is -2.11. The number of anilines is 1. The summed E-state index contributed by atoms with van der Waals surface area (Å²) in [5.41, 5.74) is 5.75. The number of hydrogen-bond donors (Lipinski definition) is 1. The zero-order chi connectivity index (χ0) is 13.1. The molecule has 1 aliphatic rings. The molecule has 0 radical (unpaired) electrons. The van der Waals surface area contributed by atoms with Gasteiger partial charge >= 0.3 is 0 Å². The van der Waals surface area contributed by atoms with Crippen LogP contribution in [0.3, 0.4) is 0 Å². The molecule has 1 heteroatoms. The molecule has 0 fully saturated rings. The van der Waals surface area contributed by atoms with Gasteiger partial charge in [-0.05, 0) is 55.4 Å². The number of nitrogens with one attached hydrogen (secondary N) is 1. The Balaban J connectivity index is 1.84. The van der Waals surface area contributed by atoms with Crippen molar-refractivity contribution in [2.45, 2.75) is 38.6 Å². The minimum absolute atomic E-state index is 0.356. The number of benzene rings is 2. The van der Waals surface area contributed by atoms with E-state index >= 15 is 0 Å². The first-order valence-electron chi connectivity index (χ1n) is 7.27. The minimum Gasteiger partial charge on any atom is -0.378 e. The zero-order valence-corrected chi connectivity index (χ0v) is 11.5. The normalized spacial score (nSPS) is 15.6. The summed E-state index contributed by atoms with van der Waals surface area (Å²) in [6.45, 7) is 2.23. The third kappa shape index (κ3) is 2.65. The second-order valence-corrected chi connectivity index (χ2v) is 5.43. The maximum atomic E-state index is 3.69. The van der Waals surface area contributed by atoms with E-state index in [1.807, 2.05) is 0 Å². The minimum atomic E-state index is 0.356. The Morgan fingerprint density at radius 3 is 2.53 bits per heavy atom. The summed E-state index contributed by atoms with van der Waals surface area (Å²) < 4.78 is 0. The van der Waals surface area contributed by atoms with Crippen molar-refractivity contribution in [3.63, 3.8) is 0 Å². The van der Waals surface area contributed by atoms with Gasteiger partial charge in [0.05, 0.1) is 0 Å².